The van der Waals surface area contributed by atoms with Gasteiger partial charge in [-0.05, 0) is 58.0 Å². The Balaban J connectivity index is 1.82. The minimum atomic E-state index is 0.804. The first-order valence-electron chi connectivity index (χ1n) is 6.56. The van der Waals surface area contributed by atoms with Crippen molar-refractivity contribution in [3.8, 4) is 0 Å². The van der Waals surface area contributed by atoms with Crippen LogP contribution in [0.1, 0.15) is 24.2 Å². The Morgan fingerprint density at radius 3 is 3.06 bits per heavy atom. The van der Waals surface area contributed by atoms with Gasteiger partial charge in [-0.3, -0.25) is 4.98 Å². The van der Waals surface area contributed by atoms with Crippen molar-refractivity contribution in [3.05, 3.63) is 29.6 Å². The Morgan fingerprint density at radius 2 is 2.35 bits per heavy atom. The Morgan fingerprint density at radius 1 is 1.47 bits per heavy atom. The lowest BCUT2D eigenvalue weighted by Crippen LogP contribution is -2.36. The van der Waals surface area contributed by atoms with E-state index in [1.807, 2.05) is 0 Å². The average Bonchev–Trinajstić information content (AvgIpc) is 2.30. The third kappa shape index (κ3) is 4.10. The van der Waals surface area contributed by atoms with Gasteiger partial charge < -0.3 is 10.2 Å². The van der Waals surface area contributed by atoms with Crippen LogP contribution in [0.4, 0.5) is 0 Å². The van der Waals surface area contributed by atoms with Crippen molar-refractivity contribution in [3.63, 3.8) is 0 Å². The predicted molar refractivity (Wildman–Crippen MR) is 70.9 cm³/mol. The second-order valence-electron chi connectivity index (χ2n) is 5.18. The molecular formula is C14H23N3. The van der Waals surface area contributed by atoms with E-state index >= 15 is 0 Å². The summed E-state index contributed by atoms with van der Waals surface area (Å²) in [4.78, 5) is 6.94. The molecule has 0 aromatic carbocycles. The van der Waals surface area contributed by atoms with Crippen molar-refractivity contribution < 1.29 is 0 Å². The van der Waals surface area contributed by atoms with Gasteiger partial charge in [0.25, 0.3) is 0 Å². The normalized spacial score (nSPS) is 20.8. The molecule has 0 aliphatic carbocycles. The average molecular weight is 233 g/mol. The molecular weight excluding hydrogens is 210 g/mol. The van der Waals surface area contributed by atoms with Gasteiger partial charge in [0, 0.05) is 18.8 Å². The fourth-order valence-electron chi connectivity index (χ4n) is 2.55. The van der Waals surface area contributed by atoms with E-state index in [1.54, 1.807) is 0 Å². The summed E-state index contributed by atoms with van der Waals surface area (Å²) >= 11 is 0. The van der Waals surface area contributed by atoms with E-state index in [-0.39, 0.29) is 0 Å². The van der Waals surface area contributed by atoms with Crippen LogP contribution >= 0.6 is 0 Å². The van der Waals surface area contributed by atoms with Crippen molar-refractivity contribution >= 4 is 0 Å². The fraction of sp³-hybridized carbons (Fsp3) is 0.643. The van der Waals surface area contributed by atoms with E-state index in [0.717, 1.165) is 18.2 Å². The van der Waals surface area contributed by atoms with Gasteiger partial charge in [-0.15, -0.1) is 0 Å². The molecule has 94 valence electrons. The summed E-state index contributed by atoms with van der Waals surface area (Å²) in [6.07, 6.45) is 2.68. The molecule has 1 unspecified atom stereocenters. The largest absolute Gasteiger partial charge is 0.316 e. The molecule has 1 N–H and O–H groups in total. The minimum absolute atomic E-state index is 0.804. The number of rotatable bonds is 4. The van der Waals surface area contributed by atoms with Gasteiger partial charge in [0.1, 0.15) is 0 Å². The summed E-state index contributed by atoms with van der Waals surface area (Å²) in [6, 6.07) is 6.25. The van der Waals surface area contributed by atoms with Crippen molar-refractivity contribution in [2.45, 2.75) is 26.3 Å². The molecule has 1 aromatic heterocycles. The molecule has 1 aliphatic heterocycles. The van der Waals surface area contributed by atoms with E-state index in [0.29, 0.717) is 0 Å². The summed E-state index contributed by atoms with van der Waals surface area (Å²) in [5, 5.41) is 3.47. The van der Waals surface area contributed by atoms with Crippen LogP contribution in [-0.4, -0.2) is 36.6 Å². The van der Waals surface area contributed by atoms with Crippen LogP contribution in [0.5, 0.6) is 0 Å². The van der Waals surface area contributed by atoms with E-state index < -0.39 is 0 Å². The summed E-state index contributed by atoms with van der Waals surface area (Å²) in [5.74, 6) is 0.804. The first kappa shape index (κ1) is 12.5. The zero-order chi connectivity index (χ0) is 12.1. The molecule has 1 saturated heterocycles. The first-order chi connectivity index (χ1) is 8.24. The summed E-state index contributed by atoms with van der Waals surface area (Å²) in [5.41, 5.74) is 2.28. The highest BCUT2D eigenvalue weighted by molar-refractivity contribution is 5.09. The number of aromatic nitrogens is 1. The van der Waals surface area contributed by atoms with E-state index in [1.165, 1.54) is 38.2 Å². The molecule has 1 aromatic rings. The smallest absolute Gasteiger partial charge is 0.0547 e. The van der Waals surface area contributed by atoms with Gasteiger partial charge in [-0.25, -0.2) is 0 Å². The van der Waals surface area contributed by atoms with Gasteiger partial charge in [0.15, 0.2) is 0 Å². The molecule has 1 atom stereocenters. The quantitative estimate of drug-likeness (QED) is 0.860. The number of nitrogens with zero attached hydrogens (tertiary/aromatic N) is 2. The van der Waals surface area contributed by atoms with Crippen LogP contribution in [0.2, 0.25) is 0 Å². The molecule has 0 saturated carbocycles. The van der Waals surface area contributed by atoms with Crippen LogP contribution in [0.25, 0.3) is 0 Å². The molecule has 1 aliphatic rings. The molecule has 3 nitrogen and oxygen atoms in total. The Kier molecular flexibility index (Phi) is 4.51. The van der Waals surface area contributed by atoms with E-state index in [2.05, 4.69) is 47.4 Å². The van der Waals surface area contributed by atoms with Crippen LogP contribution in [0.15, 0.2) is 18.2 Å². The molecule has 2 rings (SSSR count). The second-order valence-corrected chi connectivity index (χ2v) is 5.18. The van der Waals surface area contributed by atoms with Crippen LogP contribution in [-0.2, 0) is 6.54 Å². The topological polar surface area (TPSA) is 28.2 Å². The number of aryl methyl sites for hydroxylation is 1. The van der Waals surface area contributed by atoms with Gasteiger partial charge in [0.05, 0.1) is 5.69 Å². The van der Waals surface area contributed by atoms with E-state index in [9.17, 15) is 0 Å². The van der Waals surface area contributed by atoms with Gasteiger partial charge >= 0.3 is 0 Å². The third-order valence-electron chi connectivity index (χ3n) is 3.35. The van der Waals surface area contributed by atoms with Crippen molar-refractivity contribution in [1.29, 1.82) is 0 Å². The maximum absolute atomic E-state index is 4.55. The minimum Gasteiger partial charge on any atom is -0.316 e. The monoisotopic (exact) mass is 233 g/mol. The Hall–Kier alpha value is -0.930. The Labute approximate surface area is 104 Å². The molecule has 17 heavy (non-hydrogen) atoms. The molecule has 2 heterocycles. The highest BCUT2D eigenvalue weighted by atomic mass is 15.1. The van der Waals surface area contributed by atoms with Crippen molar-refractivity contribution in [2.24, 2.45) is 5.92 Å². The lowest BCUT2D eigenvalue weighted by Gasteiger charge is -2.27. The van der Waals surface area contributed by atoms with Gasteiger partial charge in [-0.1, -0.05) is 6.07 Å². The van der Waals surface area contributed by atoms with Gasteiger partial charge in [0.2, 0.25) is 0 Å². The third-order valence-corrected chi connectivity index (χ3v) is 3.35. The molecule has 0 radical (unpaired) electrons. The molecule has 0 spiro atoms. The SMILES string of the molecule is Cc1cccc(CN(C)CC2CCCNC2)n1. The zero-order valence-electron chi connectivity index (χ0n) is 10.9. The Bertz CT molecular complexity index is 345. The summed E-state index contributed by atoms with van der Waals surface area (Å²) in [7, 11) is 2.19. The maximum Gasteiger partial charge on any atom is 0.0547 e. The van der Waals surface area contributed by atoms with Crippen LogP contribution in [0, 0.1) is 12.8 Å². The number of pyridine rings is 1. The highest BCUT2D eigenvalue weighted by Crippen LogP contribution is 2.12. The lowest BCUT2D eigenvalue weighted by atomic mass is 9.99. The highest BCUT2D eigenvalue weighted by Gasteiger charge is 2.15. The van der Waals surface area contributed by atoms with Crippen LogP contribution < -0.4 is 5.32 Å². The van der Waals surface area contributed by atoms with Gasteiger partial charge in [-0.2, -0.15) is 0 Å². The maximum atomic E-state index is 4.55. The lowest BCUT2D eigenvalue weighted by molar-refractivity contribution is 0.235. The zero-order valence-corrected chi connectivity index (χ0v) is 10.9. The van der Waals surface area contributed by atoms with E-state index in [4.69, 9.17) is 0 Å². The standard InChI is InChI=1S/C14H23N3/c1-12-5-3-7-14(16-12)11-17(2)10-13-6-4-8-15-9-13/h3,5,7,13,15H,4,6,8-11H2,1-2H3. The van der Waals surface area contributed by atoms with Crippen molar-refractivity contribution in [2.75, 3.05) is 26.7 Å². The number of hydrogen-bond acceptors (Lipinski definition) is 3. The second kappa shape index (κ2) is 6.12. The molecule has 1 fully saturated rings. The summed E-state index contributed by atoms with van der Waals surface area (Å²) < 4.78 is 0. The molecule has 0 amide bonds. The van der Waals surface area contributed by atoms with Crippen LogP contribution in [0.3, 0.4) is 0 Å². The first-order valence-corrected chi connectivity index (χ1v) is 6.56. The van der Waals surface area contributed by atoms with Crippen molar-refractivity contribution in [1.82, 2.24) is 15.2 Å². The number of hydrogen-bond donors (Lipinski definition) is 1. The predicted octanol–water partition coefficient (Wildman–Crippen LogP) is 1.82. The number of piperidine rings is 1. The number of nitrogens with one attached hydrogen (secondary N) is 1. The summed E-state index contributed by atoms with van der Waals surface area (Å²) in [6.45, 7) is 6.54. The fourth-order valence-corrected chi connectivity index (χ4v) is 2.55. The molecule has 3 heteroatoms. The molecule has 0 bridgehead atoms.